The van der Waals surface area contributed by atoms with Crippen molar-refractivity contribution >= 4 is 46.8 Å². The monoisotopic (exact) mass is 355 g/mol. The van der Waals surface area contributed by atoms with Gasteiger partial charge in [0, 0.05) is 23.6 Å². The molecule has 0 atom stereocenters. The highest BCUT2D eigenvalue weighted by atomic mass is 35.5. The third-order valence-corrected chi connectivity index (χ3v) is 3.80. The highest BCUT2D eigenvalue weighted by molar-refractivity contribution is 6.49. The lowest BCUT2D eigenvalue weighted by molar-refractivity contribution is 1.09. The van der Waals surface area contributed by atoms with Gasteiger partial charge in [0.2, 0.25) is 0 Å². The Balaban J connectivity index is 1.89. The molecule has 0 aromatic heterocycles. The predicted molar refractivity (Wildman–Crippen MR) is 103 cm³/mol. The predicted octanol–water partition coefficient (Wildman–Crippen LogP) is 5.97. The first kappa shape index (κ1) is 16.4. The molecule has 0 spiro atoms. The van der Waals surface area contributed by atoms with Crippen molar-refractivity contribution in [1.29, 1.82) is 0 Å². The molecule has 0 amide bonds. The van der Waals surface area contributed by atoms with Crippen molar-refractivity contribution in [2.45, 2.75) is 0 Å². The summed E-state index contributed by atoms with van der Waals surface area (Å²) >= 11 is 11.4. The number of halogens is 2. The largest absolute Gasteiger partial charge is 0.234 e. The summed E-state index contributed by atoms with van der Waals surface area (Å²) in [6, 6.07) is 27.5. The van der Waals surface area contributed by atoms with Crippen LogP contribution in [0.5, 0.6) is 0 Å². The zero-order chi connectivity index (χ0) is 16.8. The highest BCUT2D eigenvalue weighted by Crippen LogP contribution is 2.25. The van der Waals surface area contributed by atoms with E-state index >= 15 is 0 Å². The van der Waals surface area contributed by atoms with Crippen LogP contribution in [0.4, 0.5) is 17.1 Å². The van der Waals surface area contributed by atoms with Gasteiger partial charge in [0.1, 0.15) is 0 Å². The molecule has 3 nitrogen and oxygen atoms in total. The molecule has 0 radical (unpaired) electrons. The quantitative estimate of drug-likeness (QED) is 0.318. The first-order valence-electron chi connectivity index (χ1n) is 7.40. The van der Waals surface area contributed by atoms with E-state index in [1.165, 1.54) is 0 Å². The summed E-state index contributed by atoms with van der Waals surface area (Å²) in [5.41, 5.74) is 3.64. The fourth-order valence-electron chi connectivity index (χ4n) is 2.22. The van der Waals surface area contributed by atoms with Gasteiger partial charge in [-0.25, -0.2) is 5.01 Å². The first-order valence-corrected chi connectivity index (χ1v) is 8.07. The molecule has 5 heteroatoms. The Hall–Kier alpha value is -2.49. The van der Waals surface area contributed by atoms with Crippen LogP contribution in [-0.2, 0) is 0 Å². The highest BCUT2D eigenvalue weighted by Gasteiger charge is 2.06. The van der Waals surface area contributed by atoms with Gasteiger partial charge in [0.05, 0.1) is 23.3 Å². The van der Waals surface area contributed by atoms with Crippen molar-refractivity contribution in [2.75, 3.05) is 8.95 Å². The van der Waals surface area contributed by atoms with Gasteiger partial charge < -0.3 is 0 Å². The molecule has 0 saturated carbocycles. The summed E-state index contributed by atoms with van der Waals surface area (Å²) in [6.07, 6.45) is 1.80. The van der Waals surface area contributed by atoms with E-state index in [1.54, 1.807) is 6.21 Å². The van der Waals surface area contributed by atoms with Crippen molar-refractivity contribution in [3.8, 4) is 0 Å². The minimum Gasteiger partial charge on any atom is -0.234 e. The number of nitrogens with zero attached hydrogens (tertiary/aromatic N) is 3. The van der Waals surface area contributed by atoms with E-state index in [1.807, 2.05) is 89.9 Å². The number of benzene rings is 3. The topological polar surface area (TPSA) is 18.8 Å². The van der Waals surface area contributed by atoms with E-state index in [-0.39, 0.29) is 0 Å². The smallest absolute Gasteiger partial charge is 0.0710 e. The average Bonchev–Trinajstić information content (AvgIpc) is 2.64. The standard InChI is InChI=1S/C19H15Cl2N3/c20-24(21)19-13-11-16(12-14-19)15-22-23(17-7-3-1-4-8-17)18-9-5-2-6-10-18/h1-15H/b22-15+. The number of hydrogen-bond donors (Lipinski definition) is 0. The number of rotatable bonds is 5. The fraction of sp³-hybridized carbons (Fsp3) is 0. The number of anilines is 3. The van der Waals surface area contributed by atoms with Crippen LogP contribution in [0, 0.1) is 0 Å². The van der Waals surface area contributed by atoms with E-state index in [4.69, 9.17) is 23.6 Å². The SMILES string of the molecule is ClN(Cl)c1ccc(/C=N/N(c2ccccc2)c2ccccc2)cc1. The summed E-state index contributed by atoms with van der Waals surface area (Å²) < 4.78 is 1.03. The molecule has 120 valence electrons. The van der Waals surface area contributed by atoms with Crippen molar-refractivity contribution in [3.63, 3.8) is 0 Å². The van der Waals surface area contributed by atoms with Gasteiger partial charge in [-0.15, -0.1) is 0 Å². The molecule has 0 N–H and O–H groups in total. The summed E-state index contributed by atoms with van der Waals surface area (Å²) in [6.45, 7) is 0. The Kier molecular flexibility index (Phi) is 5.36. The van der Waals surface area contributed by atoms with Gasteiger partial charge in [-0.2, -0.15) is 9.04 Å². The maximum absolute atomic E-state index is 5.70. The summed E-state index contributed by atoms with van der Waals surface area (Å²) in [4.78, 5) is 0. The Morgan fingerprint density at radius 1 is 0.625 bits per heavy atom. The van der Waals surface area contributed by atoms with E-state index < -0.39 is 0 Å². The van der Waals surface area contributed by atoms with Crippen molar-refractivity contribution in [3.05, 3.63) is 90.5 Å². The van der Waals surface area contributed by atoms with Gasteiger partial charge in [0.15, 0.2) is 0 Å². The molecule has 0 aliphatic carbocycles. The van der Waals surface area contributed by atoms with E-state index in [2.05, 4.69) is 5.10 Å². The van der Waals surface area contributed by atoms with Crippen molar-refractivity contribution in [2.24, 2.45) is 5.10 Å². The first-order chi connectivity index (χ1) is 11.7. The molecule has 0 aliphatic heterocycles. The minimum absolute atomic E-state index is 0.707. The molecule has 0 saturated heterocycles. The van der Waals surface area contributed by atoms with Gasteiger partial charge >= 0.3 is 0 Å². The lowest BCUT2D eigenvalue weighted by atomic mass is 10.2. The molecule has 0 heterocycles. The average molecular weight is 356 g/mol. The number of para-hydroxylation sites is 2. The molecule has 0 aliphatic rings. The zero-order valence-corrected chi connectivity index (χ0v) is 14.3. The van der Waals surface area contributed by atoms with E-state index in [0.29, 0.717) is 5.69 Å². The third kappa shape index (κ3) is 4.07. The fourth-order valence-corrected chi connectivity index (χ4v) is 2.44. The van der Waals surface area contributed by atoms with Crippen LogP contribution in [0.15, 0.2) is 90.0 Å². The molecule has 3 aromatic carbocycles. The van der Waals surface area contributed by atoms with Gasteiger partial charge in [0.25, 0.3) is 0 Å². The molecular weight excluding hydrogens is 341 g/mol. The zero-order valence-electron chi connectivity index (χ0n) is 12.8. The second kappa shape index (κ2) is 7.86. The molecule has 24 heavy (non-hydrogen) atoms. The summed E-state index contributed by atoms with van der Waals surface area (Å²) in [5, 5.41) is 6.53. The van der Waals surface area contributed by atoms with E-state index in [9.17, 15) is 0 Å². The second-order valence-corrected chi connectivity index (χ2v) is 5.90. The summed E-state index contributed by atoms with van der Waals surface area (Å²) in [7, 11) is 0. The normalized spacial score (nSPS) is 10.8. The Morgan fingerprint density at radius 3 is 1.58 bits per heavy atom. The summed E-state index contributed by atoms with van der Waals surface area (Å²) in [5.74, 6) is 0. The van der Waals surface area contributed by atoms with Crippen LogP contribution in [0.2, 0.25) is 0 Å². The van der Waals surface area contributed by atoms with Crippen molar-refractivity contribution < 1.29 is 0 Å². The lowest BCUT2D eigenvalue weighted by Gasteiger charge is -2.19. The molecule has 3 rings (SSSR count). The molecule has 0 bridgehead atoms. The van der Waals surface area contributed by atoms with Crippen LogP contribution < -0.4 is 8.95 Å². The van der Waals surface area contributed by atoms with E-state index in [0.717, 1.165) is 20.9 Å². The van der Waals surface area contributed by atoms with Crippen LogP contribution in [0.1, 0.15) is 5.56 Å². The lowest BCUT2D eigenvalue weighted by Crippen LogP contribution is -2.09. The maximum Gasteiger partial charge on any atom is 0.0710 e. The Bertz CT molecular complexity index is 748. The Labute approximate surface area is 151 Å². The Morgan fingerprint density at radius 2 is 1.12 bits per heavy atom. The van der Waals surface area contributed by atoms with Gasteiger partial charge in [-0.05, 0) is 42.0 Å². The van der Waals surface area contributed by atoms with Crippen LogP contribution >= 0.6 is 23.6 Å². The molecule has 0 unspecified atom stereocenters. The van der Waals surface area contributed by atoms with Crippen LogP contribution in [-0.4, -0.2) is 6.21 Å². The van der Waals surface area contributed by atoms with Gasteiger partial charge in [-0.1, -0.05) is 48.5 Å². The third-order valence-electron chi connectivity index (χ3n) is 3.41. The van der Waals surface area contributed by atoms with Crippen LogP contribution in [0.25, 0.3) is 0 Å². The van der Waals surface area contributed by atoms with Gasteiger partial charge in [-0.3, -0.25) is 0 Å². The molecule has 3 aromatic rings. The van der Waals surface area contributed by atoms with Crippen molar-refractivity contribution in [1.82, 2.24) is 0 Å². The number of hydrogen-bond acceptors (Lipinski definition) is 3. The van der Waals surface area contributed by atoms with Crippen LogP contribution in [0.3, 0.4) is 0 Å². The number of hydrazone groups is 1. The minimum atomic E-state index is 0.707. The maximum atomic E-state index is 5.70. The second-order valence-electron chi connectivity index (χ2n) is 5.05. The molecule has 0 fully saturated rings. The molecular formula is C19H15Cl2N3.